The van der Waals surface area contributed by atoms with E-state index >= 15 is 0 Å². The maximum atomic E-state index is 11.7. The van der Waals surface area contributed by atoms with Crippen LogP contribution in [0.15, 0.2) is 18.2 Å². The highest BCUT2D eigenvalue weighted by Gasteiger charge is 2.50. The fraction of sp³-hybridized carbons (Fsp3) is 0.562. The molecule has 0 atom stereocenters. The van der Waals surface area contributed by atoms with E-state index in [9.17, 15) is 4.79 Å². The molecule has 1 aromatic carbocycles. The Morgan fingerprint density at radius 3 is 2.23 bits per heavy atom. The van der Waals surface area contributed by atoms with Crippen molar-refractivity contribution < 1.29 is 23.6 Å². The van der Waals surface area contributed by atoms with E-state index in [1.54, 1.807) is 6.07 Å². The zero-order valence-corrected chi connectivity index (χ0v) is 14.1. The number of esters is 1. The number of hydrogen-bond acceptors (Lipinski definition) is 5. The van der Waals surface area contributed by atoms with E-state index in [0.29, 0.717) is 17.6 Å². The maximum Gasteiger partial charge on any atom is 0.462 e. The van der Waals surface area contributed by atoms with Crippen molar-refractivity contribution in [3.8, 4) is 5.75 Å². The van der Waals surface area contributed by atoms with Gasteiger partial charge in [0.15, 0.2) is 0 Å². The van der Waals surface area contributed by atoms with Gasteiger partial charge >= 0.3 is 13.1 Å². The third-order valence-corrected chi connectivity index (χ3v) is 4.38. The van der Waals surface area contributed by atoms with E-state index in [2.05, 4.69) is 0 Å². The lowest BCUT2D eigenvalue weighted by Crippen LogP contribution is -2.41. The van der Waals surface area contributed by atoms with Gasteiger partial charge in [-0.2, -0.15) is 0 Å². The van der Waals surface area contributed by atoms with Gasteiger partial charge in [0, 0.05) is 6.32 Å². The summed E-state index contributed by atoms with van der Waals surface area (Å²) in [6.07, 6.45) is 0.588. The summed E-state index contributed by atoms with van der Waals surface area (Å²) in [5, 5.41) is 0. The van der Waals surface area contributed by atoms with Crippen molar-refractivity contribution in [2.75, 3.05) is 14.2 Å². The number of methoxy groups -OCH3 is 2. The highest BCUT2D eigenvalue weighted by atomic mass is 16.7. The fourth-order valence-corrected chi connectivity index (χ4v) is 2.38. The van der Waals surface area contributed by atoms with E-state index in [0.717, 1.165) is 5.56 Å². The lowest BCUT2D eigenvalue weighted by molar-refractivity contribution is 0.00578. The zero-order chi connectivity index (χ0) is 16.5. The average Bonchev–Trinajstić information content (AvgIpc) is 2.65. The van der Waals surface area contributed by atoms with E-state index in [4.69, 9.17) is 18.8 Å². The summed E-state index contributed by atoms with van der Waals surface area (Å²) in [5.74, 6) is 0.0694. The summed E-state index contributed by atoms with van der Waals surface area (Å²) in [4.78, 5) is 11.7. The molecule has 1 fully saturated rings. The molecule has 0 bridgehead atoms. The second-order valence-electron chi connectivity index (χ2n) is 6.42. The Balaban J connectivity index is 2.17. The molecule has 5 nitrogen and oxygen atoms in total. The summed E-state index contributed by atoms with van der Waals surface area (Å²) < 4.78 is 22.0. The van der Waals surface area contributed by atoms with Crippen LogP contribution in [0.25, 0.3) is 0 Å². The molecule has 0 spiro atoms. The summed E-state index contributed by atoms with van der Waals surface area (Å²) in [5.41, 5.74) is 0.673. The monoisotopic (exact) mass is 306 g/mol. The van der Waals surface area contributed by atoms with E-state index in [-0.39, 0.29) is 18.3 Å². The van der Waals surface area contributed by atoms with Crippen LogP contribution in [-0.4, -0.2) is 38.5 Å². The molecule has 0 radical (unpaired) electrons. The van der Waals surface area contributed by atoms with Gasteiger partial charge in [-0.15, -0.1) is 0 Å². The van der Waals surface area contributed by atoms with Crippen LogP contribution < -0.4 is 4.74 Å². The van der Waals surface area contributed by atoms with Crippen molar-refractivity contribution in [3.63, 3.8) is 0 Å². The SMILES string of the molecule is COC(=O)c1ccc(CB2OC(C)(C)C(C)(C)O2)cc1OC. The minimum atomic E-state index is -0.418. The number of benzene rings is 1. The fourth-order valence-electron chi connectivity index (χ4n) is 2.38. The van der Waals surface area contributed by atoms with Crippen LogP contribution in [-0.2, 0) is 20.4 Å². The Morgan fingerprint density at radius 2 is 1.73 bits per heavy atom. The smallest absolute Gasteiger partial charge is 0.462 e. The van der Waals surface area contributed by atoms with Crippen molar-refractivity contribution >= 4 is 13.1 Å². The van der Waals surface area contributed by atoms with Crippen molar-refractivity contribution in [2.24, 2.45) is 0 Å². The summed E-state index contributed by atoms with van der Waals surface area (Å²) in [7, 11) is 2.55. The molecular formula is C16H23BO5. The maximum absolute atomic E-state index is 11.7. The van der Waals surface area contributed by atoms with Crippen LogP contribution >= 0.6 is 0 Å². The number of ether oxygens (including phenoxy) is 2. The second kappa shape index (κ2) is 5.93. The molecule has 1 aliphatic heterocycles. The molecule has 0 unspecified atom stereocenters. The first-order chi connectivity index (χ1) is 10.2. The van der Waals surface area contributed by atoms with Crippen molar-refractivity contribution in [3.05, 3.63) is 29.3 Å². The van der Waals surface area contributed by atoms with E-state index in [1.807, 2.05) is 39.8 Å². The Hall–Kier alpha value is -1.53. The lowest BCUT2D eigenvalue weighted by Gasteiger charge is -2.32. The number of carbonyl (C=O) groups excluding carboxylic acids is 1. The minimum absolute atomic E-state index is 0.321. The molecule has 0 N–H and O–H groups in total. The third kappa shape index (κ3) is 3.13. The van der Waals surface area contributed by atoms with Gasteiger partial charge in [0.25, 0.3) is 0 Å². The molecule has 1 saturated heterocycles. The van der Waals surface area contributed by atoms with Gasteiger partial charge in [-0.1, -0.05) is 6.07 Å². The summed E-state index contributed by atoms with van der Waals surface area (Å²) in [6.45, 7) is 8.09. The van der Waals surface area contributed by atoms with E-state index in [1.165, 1.54) is 14.2 Å². The highest BCUT2D eigenvalue weighted by Crippen LogP contribution is 2.37. The number of rotatable bonds is 4. The Bertz CT molecular complexity index is 552. The van der Waals surface area contributed by atoms with Crippen LogP contribution in [0.3, 0.4) is 0 Å². The topological polar surface area (TPSA) is 54.0 Å². The van der Waals surface area contributed by atoms with Gasteiger partial charge in [0.2, 0.25) is 0 Å². The van der Waals surface area contributed by atoms with Crippen LogP contribution in [0.5, 0.6) is 5.75 Å². The number of hydrogen-bond donors (Lipinski definition) is 0. The molecule has 0 aromatic heterocycles. The standard InChI is InChI=1S/C16H23BO5/c1-15(2)16(3,4)22-17(21-15)10-11-7-8-12(14(18)20-6)13(9-11)19-5/h7-9H,10H2,1-6H3. The van der Waals surface area contributed by atoms with Crippen molar-refractivity contribution in [1.29, 1.82) is 0 Å². The molecule has 0 amide bonds. The minimum Gasteiger partial charge on any atom is -0.496 e. The van der Waals surface area contributed by atoms with Gasteiger partial charge in [0.1, 0.15) is 11.3 Å². The third-order valence-electron chi connectivity index (χ3n) is 4.38. The van der Waals surface area contributed by atoms with Crippen LogP contribution in [0.4, 0.5) is 0 Å². The van der Waals surface area contributed by atoms with Crippen molar-refractivity contribution in [2.45, 2.75) is 45.2 Å². The van der Waals surface area contributed by atoms with Gasteiger partial charge < -0.3 is 18.8 Å². The first-order valence-electron chi connectivity index (χ1n) is 7.31. The summed E-state index contributed by atoms with van der Waals surface area (Å²) >= 11 is 0. The van der Waals surface area contributed by atoms with Crippen LogP contribution in [0, 0.1) is 0 Å². The van der Waals surface area contributed by atoms with Crippen LogP contribution in [0.1, 0.15) is 43.6 Å². The summed E-state index contributed by atoms with van der Waals surface area (Å²) in [6, 6.07) is 5.38. The Labute approximate surface area is 132 Å². The van der Waals surface area contributed by atoms with Crippen molar-refractivity contribution in [1.82, 2.24) is 0 Å². The quantitative estimate of drug-likeness (QED) is 0.632. The van der Waals surface area contributed by atoms with Gasteiger partial charge in [-0.25, -0.2) is 4.79 Å². The molecule has 22 heavy (non-hydrogen) atoms. The lowest BCUT2D eigenvalue weighted by atomic mass is 9.80. The molecule has 2 rings (SSSR count). The van der Waals surface area contributed by atoms with E-state index < -0.39 is 5.97 Å². The largest absolute Gasteiger partial charge is 0.496 e. The second-order valence-corrected chi connectivity index (χ2v) is 6.42. The first kappa shape index (κ1) is 16.8. The highest BCUT2D eigenvalue weighted by molar-refractivity contribution is 6.45. The Morgan fingerprint density at radius 1 is 1.14 bits per heavy atom. The molecule has 120 valence electrons. The van der Waals surface area contributed by atoms with Gasteiger partial charge in [-0.05, 0) is 45.4 Å². The molecular weight excluding hydrogens is 283 g/mol. The zero-order valence-electron chi connectivity index (χ0n) is 14.1. The molecule has 1 heterocycles. The average molecular weight is 306 g/mol. The van der Waals surface area contributed by atoms with Crippen LogP contribution in [0.2, 0.25) is 0 Å². The van der Waals surface area contributed by atoms with Gasteiger partial charge in [-0.3, -0.25) is 0 Å². The molecule has 0 saturated carbocycles. The predicted octanol–water partition coefficient (Wildman–Crippen LogP) is 2.66. The number of carbonyl (C=O) groups is 1. The molecule has 6 heteroatoms. The van der Waals surface area contributed by atoms with Gasteiger partial charge in [0.05, 0.1) is 25.4 Å². The normalized spacial score (nSPS) is 19.1. The first-order valence-corrected chi connectivity index (χ1v) is 7.31. The Kier molecular flexibility index (Phi) is 4.54. The molecule has 0 aliphatic carbocycles. The predicted molar refractivity (Wildman–Crippen MR) is 84.1 cm³/mol. The molecule has 1 aliphatic rings. The molecule has 1 aromatic rings.